The van der Waals surface area contributed by atoms with Crippen molar-refractivity contribution in [1.82, 2.24) is 0 Å². The Labute approximate surface area is 92.3 Å². The van der Waals surface area contributed by atoms with Crippen molar-refractivity contribution in [3.8, 4) is 0 Å². The Morgan fingerprint density at radius 3 is 2.33 bits per heavy atom. The van der Waals surface area contributed by atoms with Gasteiger partial charge in [-0.1, -0.05) is 0 Å². The standard InChI is InChI=1S/C13H22O2/c1-12(2)6-8-5-10-9(11(8)15-12)7-13(3,4)14-10/h8-11H,5-7H2,1-4H3. The first kappa shape index (κ1) is 10.1. The molecule has 4 unspecified atom stereocenters. The summed E-state index contributed by atoms with van der Waals surface area (Å²) < 4.78 is 12.3. The van der Waals surface area contributed by atoms with Crippen LogP contribution in [0.4, 0.5) is 0 Å². The third-order valence-corrected chi connectivity index (χ3v) is 4.31. The van der Waals surface area contributed by atoms with E-state index >= 15 is 0 Å². The molecule has 0 aromatic heterocycles. The highest BCUT2D eigenvalue weighted by molar-refractivity contribution is 5.05. The van der Waals surface area contributed by atoms with Gasteiger partial charge < -0.3 is 9.47 Å². The Hall–Kier alpha value is -0.0800. The van der Waals surface area contributed by atoms with E-state index in [2.05, 4.69) is 27.7 Å². The Bertz CT molecular complexity index is 254. The maximum atomic E-state index is 6.20. The van der Waals surface area contributed by atoms with Gasteiger partial charge >= 0.3 is 0 Å². The third kappa shape index (κ3) is 1.53. The minimum atomic E-state index is 0.0798. The van der Waals surface area contributed by atoms with Crippen LogP contribution in [-0.2, 0) is 9.47 Å². The first-order valence-corrected chi connectivity index (χ1v) is 6.22. The second-order valence-corrected chi connectivity index (χ2v) is 6.83. The van der Waals surface area contributed by atoms with Crippen LogP contribution in [0.1, 0.15) is 47.0 Å². The molecular weight excluding hydrogens is 188 g/mol. The van der Waals surface area contributed by atoms with Crippen molar-refractivity contribution in [2.24, 2.45) is 11.8 Å². The fourth-order valence-electron chi connectivity index (χ4n) is 4.01. The highest BCUT2D eigenvalue weighted by Gasteiger charge is 2.57. The lowest BCUT2D eigenvalue weighted by molar-refractivity contribution is -0.0477. The van der Waals surface area contributed by atoms with E-state index in [1.165, 1.54) is 19.3 Å². The molecule has 2 aliphatic heterocycles. The average molecular weight is 210 g/mol. The van der Waals surface area contributed by atoms with Gasteiger partial charge in [-0.25, -0.2) is 0 Å². The summed E-state index contributed by atoms with van der Waals surface area (Å²) in [7, 11) is 0. The predicted octanol–water partition coefficient (Wildman–Crippen LogP) is 2.76. The first-order valence-electron chi connectivity index (χ1n) is 6.22. The van der Waals surface area contributed by atoms with Crippen LogP contribution in [0, 0.1) is 11.8 Å². The lowest BCUT2D eigenvalue weighted by Crippen LogP contribution is -2.27. The van der Waals surface area contributed by atoms with Gasteiger partial charge in [0.15, 0.2) is 0 Å². The van der Waals surface area contributed by atoms with Gasteiger partial charge in [-0.3, -0.25) is 0 Å². The molecule has 3 rings (SSSR count). The highest BCUT2D eigenvalue weighted by Crippen LogP contribution is 2.54. The van der Waals surface area contributed by atoms with Gasteiger partial charge in [0, 0.05) is 5.92 Å². The minimum Gasteiger partial charge on any atom is -0.372 e. The molecule has 0 radical (unpaired) electrons. The van der Waals surface area contributed by atoms with Crippen LogP contribution in [0.3, 0.4) is 0 Å². The molecule has 3 fully saturated rings. The molecule has 4 atom stereocenters. The van der Waals surface area contributed by atoms with Crippen LogP contribution in [-0.4, -0.2) is 23.4 Å². The molecule has 3 aliphatic rings. The molecule has 86 valence electrons. The molecule has 1 saturated carbocycles. The van der Waals surface area contributed by atoms with Crippen molar-refractivity contribution in [1.29, 1.82) is 0 Å². The molecule has 0 aromatic rings. The van der Waals surface area contributed by atoms with Crippen molar-refractivity contribution in [3.63, 3.8) is 0 Å². The van der Waals surface area contributed by atoms with Crippen LogP contribution in [0.2, 0.25) is 0 Å². The van der Waals surface area contributed by atoms with Crippen molar-refractivity contribution < 1.29 is 9.47 Å². The normalized spacial score (nSPS) is 50.4. The van der Waals surface area contributed by atoms with E-state index in [-0.39, 0.29) is 11.2 Å². The number of fused-ring (bicyclic) bond motifs is 3. The Morgan fingerprint density at radius 2 is 1.60 bits per heavy atom. The first-order chi connectivity index (χ1) is 6.86. The molecule has 0 bridgehead atoms. The summed E-state index contributed by atoms with van der Waals surface area (Å²) in [6, 6.07) is 0. The van der Waals surface area contributed by atoms with Crippen molar-refractivity contribution in [2.75, 3.05) is 0 Å². The van der Waals surface area contributed by atoms with Gasteiger partial charge in [0.1, 0.15) is 0 Å². The monoisotopic (exact) mass is 210 g/mol. The van der Waals surface area contributed by atoms with Crippen LogP contribution in [0.15, 0.2) is 0 Å². The quantitative estimate of drug-likeness (QED) is 0.612. The molecule has 1 aliphatic carbocycles. The highest BCUT2D eigenvalue weighted by atomic mass is 16.5. The largest absolute Gasteiger partial charge is 0.372 e. The maximum absolute atomic E-state index is 6.20. The second-order valence-electron chi connectivity index (χ2n) is 6.83. The number of ether oxygens (including phenoxy) is 2. The lowest BCUT2D eigenvalue weighted by Gasteiger charge is -2.23. The molecular formula is C13H22O2. The number of hydrogen-bond donors (Lipinski definition) is 0. The Balaban J connectivity index is 1.79. The van der Waals surface area contributed by atoms with Gasteiger partial charge in [-0.05, 0) is 52.9 Å². The molecule has 2 heteroatoms. The topological polar surface area (TPSA) is 18.5 Å². The van der Waals surface area contributed by atoms with Gasteiger partial charge in [-0.15, -0.1) is 0 Å². The lowest BCUT2D eigenvalue weighted by atomic mass is 9.91. The minimum absolute atomic E-state index is 0.0798. The summed E-state index contributed by atoms with van der Waals surface area (Å²) in [5.74, 6) is 1.41. The zero-order chi connectivity index (χ0) is 10.8. The summed E-state index contributed by atoms with van der Waals surface area (Å²) >= 11 is 0. The fraction of sp³-hybridized carbons (Fsp3) is 1.00. The molecule has 0 N–H and O–H groups in total. The van der Waals surface area contributed by atoms with E-state index in [4.69, 9.17) is 9.47 Å². The van der Waals surface area contributed by atoms with Crippen LogP contribution >= 0.6 is 0 Å². The van der Waals surface area contributed by atoms with Crippen molar-refractivity contribution >= 4 is 0 Å². The molecule has 2 nitrogen and oxygen atoms in total. The van der Waals surface area contributed by atoms with E-state index in [1.54, 1.807) is 0 Å². The van der Waals surface area contributed by atoms with Crippen molar-refractivity contribution in [2.45, 2.75) is 70.4 Å². The molecule has 2 saturated heterocycles. The molecule has 0 amide bonds. The molecule has 15 heavy (non-hydrogen) atoms. The Kier molecular flexibility index (Phi) is 1.87. The molecule has 0 aromatic carbocycles. The van der Waals surface area contributed by atoms with Gasteiger partial charge in [0.25, 0.3) is 0 Å². The number of hydrogen-bond acceptors (Lipinski definition) is 2. The fourth-order valence-corrected chi connectivity index (χ4v) is 4.01. The molecule has 2 heterocycles. The Morgan fingerprint density at radius 1 is 0.933 bits per heavy atom. The van der Waals surface area contributed by atoms with Gasteiger partial charge in [-0.2, -0.15) is 0 Å². The predicted molar refractivity (Wildman–Crippen MR) is 58.7 cm³/mol. The second kappa shape index (κ2) is 2.78. The zero-order valence-electron chi connectivity index (χ0n) is 10.2. The van der Waals surface area contributed by atoms with Gasteiger partial charge in [0.05, 0.1) is 23.4 Å². The van der Waals surface area contributed by atoms with E-state index in [1.807, 2.05) is 0 Å². The van der Waals surface area contributed by atoms with E-state index in [0.717, 1.165) is 5.92 Å². The van der Waals surface area contributed by atoms with Gasteiger partial charge in [0.2, 0.25) is 0 Å². The zero-order valence-corrected chi connectivity index (χ0v) is 10.2. The van der Waals surface area contributed by atoms with E-state index in [0.29, 0.717) is 18.1 Å². The SMILES string of the molecule is CC1(C)CC2C(CC3CC(C)(C)OC32)O1. The summed E-state index contributed by atoms with van der Waals surface area (Å²) in [5, 5.41) is 0. The van der Waals surface area contributed by atoms with Crippen LogP contribution < -0.4 is 0 Å². The summed E-state index contributed by atoms with van der Waals surface area (Å²) in [6.07, 6.45) is 4.57. The summed E-state index contributed by atoms with van der Waals surface area (Å²) in [6.45, 7) is 8.86. The third-order valence-electron chi connectivity index (χ3n) is 4.31. The van der Waals surface area contributed by atoms with E-state index in [9.17, 15) is 0 Å². The number of rotatable bonds is 0. The average Bonchev–Trinajstić information content (AvgIpc) is 2.55. The summed E-state index contributed by atoms with van der Waals surface area (Å²) in [4.78, 5) is 0. The summed E-state index contributed by atoms with van der Waals surface area (Å²) in [5.41, 5.74) is 0.184. The van der Waals surface area contributed by atoms with E-state index < -0.39 is 0 Å². The maximum Gasteiger partial charge on any atom is 0.0666 e. The van der Waals surface area contributed by atoms with Crippen LogP contribution in [0.5, 0.6) is 0 Å². The van der Waals surface area contributed by atoms with Crippen molar-refractivity contribution in [3.05, 3.63) is 0 Å². The molecule has 0 spiro atoms. The smallest absolute Gasteiger partial charge is 0.0666 e. The van der Waals surface area contributed by atoms with Crippen LogP contribution in [0.25, 0.3) is 0 Å².